The van der Waals surface area contributed by atoms with Crippen molar-refractivity contribution in [2.24, 2.45) is 18.0 Å². The smallest absolute Gasteiger partial charge is 0.410 e. The first-order valence-corrected chi connectivity index (χ1v) is 8.91. The molecule has 1 unspecified atom stereocenters. The number of guanidine groups is 1. The quantitative estimate of drug-likeness (QED) is 0.558. The third kappa shape index (κ3) is 8.17. The zero-order valence-electron chi connectivity index (χ0n) is 17.0. The van der Waals surface area contributed by atoms with Crippen molar-refractivity contribution in [3.05, 3.63) is 12.2 Å². The lowest BCUT2D eigenvalue weighted by Gasteiger charge is -2.26. The highest BCUT2D eigenvalue weighted by molar-refractivity contribution is 5.79. The summed E-state index contributed by atoms with van der Waals surface area (Å²) in [6.07, 6.45) is 1.20. The molecule has 26 heavy (non-hydrogen) atoms. The van der Waals surface area contributed by atoms with Crippen molar-refractivity contribution in [3.63, 3.8) is 0 Å². The van der Waals surface area contributed by atoms with E-state index < -0.39 is 5.60 Å². The number of amides is 1. The van der Waals surface area contributed by atoms with Crippen molar-refractivity contribution >= 4 is 12.1 Å². The second-order valence-electron chi connectivity index (χ2n) is 7.34. The summed E-state index contributed by atoms with van der Waals surface area (Å²) in [6, 6.07) is 0. The van der Waals surface area contributed by atoms with Gasteiger partial charge >= 0.3 is 6.09 Å². The average Bonchev–Trinajstić information content (AvgIpc) is 2.93. The topological polar surface area (TPSA) is 96.7 Å². The molecule has 1 heterocycles. The predicted molar refractivity (Wildman–Crippen MR) is 102 cm³/mol. The zero-order chi connectivity index (χ0) is 19.7. The van der Waals surface area contributed by atoms with E-state index in [1.807, 2.05) is 34.7 Å². The number of aryl methyl sites for hydroxylation is 1. The van der Waals surface area contributed by atoms with E-state index in [0.29, 0.717) is 25.6 Å². The number of carbonyl (C=O) groups is 1. The van der Waals surface area contributed by atoms with Crippen molar-refractivity contribution in [2.75, 3.05) is 26.7 Å². The fourth-order valence-corrected chi connectivity index (χ4v) is 2.17. The van der Waals surface area contributed by atoms with Crippen LogP contribution >= 0.6 is 0 Å². The monoisotopic (exact) mass is 367 g/mol. The molecule has 9 nitrogen and oxygen atoms in total. The van der Waals surface area contributed by atoms with Gasteiger partial charge in [0.25, 0.3) is 0 Å². The van der Waals surface area contributed by atoms with Crippen molar-refractivity contribution in [3.8, 4) is 0 Å². The molecule has 0 spiro atoms. The van der Waals surface area contributed by atoms with Gasteiger partial charge in [0, 0.05) is 33.7 Å². The second kappa shape index (κ2) is 9.98. The van der Waals surface area contributed by atoms with E-state index in [9.17, 15) is 4.79 Å². The molecule has 0 fully saturated rings. The lowest BCUT2D eigenvalue weighted by Crippen LogP contribution is -2.42. The van der Waals surface area contributed by atoms with Crippen LogP contribution in [0.3, 0.4) is 0 Å². The first-order chi connectivity index (χ1) is 12.1. The highest BCUT2D eigenvalue weighted by Gasteiger charge is 2.20. The van der Waals surface area contributed by atoms with Crippen LogP contribution in [0, 0.1) is 5.92 Å². The minimum atomic E-state index is -0.489. The van der Waals surface area contributed by atoms with E-state index in [2.05, 4.69) is 32.6 Å². The van der Waals surface area contributed by atoms with Crippen LogP contribution in [0.5, 0.6) is 0 Å². The summed E-state index contributed by atoms with van der Waals surface area (Å²) >= 11 is 0. The molecule has 1 atom stereocenters. The number of rotatable bonds is 7. The third-order valence-electron chi connectivity index (χ3n) is 3.44. The van der Waals surface area contributed by atoms with Crippen LogP contribution in [0.2, 0.25) is 0 Å². The molecular formula is C17H33N7O2. The molecule has 0 aliphatic heterocycles. The van der Waals surface area contributed by atoms with Crippen LogP contribution in [-0.4, -0.2) is 64.0 Å². The maximum absolute atomic E-state index is 12.0. The molecule has 0 aliphatic carbocycles. The maximum Gasteiger partial charge on any atom is 0.410 e. The minimum absolute atomic E-state index is 0.228. The lowest BCUT2D eigenvalue weighted by molar-refractivity contribution is 0.0278. The normalized spacial score (nSPS) is 13.3. The number of hydrogen-bond acceptors (Lipinski definition) is 5. The average molecular weight is 367 g/mol. The maximum atomic E-state index is 12.0. The van der Waals surface area contributed by atoms with Gasteiger partial charge in [-0.15, -0.1) is 0 Å². The molecule has 1 aromatic heterocycles. The molecule has 2 N–H and O–H groups in total. The summed E-state index contributed by atoms with van der Waals surface area (Å²) in [5.74, 6) is 1.73. The Morgan fingerprint density at radius 3 is 2.65 bits per heavy atom. The van der Waals surface area contributed by atoms with Gasteiger partial charge in [-0.3, -0.25) is 4.68 Å². The Morgan fingerprint density at radius 2 is 2.12 bits per heavy atom. The summed E-state index contributed by atoms with van der Waals surface area (Å²) in [5, 5.41) is 10.5. The van der Waals surface area contributed by atoms with Crippen molar-refractivity contribution < 1.29 is 9.53 Å². The van der Waals surface area contributed by atoms with Crippen molar-refractivity contribution in [2.45, 2.75) is 46.8 Å². The Morgan fingerprint density at radius 1 is 1.42 bits per heavy atom. The first-order valence-electron chi connectivity index (χ1n) is 8.91. The van der Waals surface area contributed by atoms with E-state index in [1.54, 1.807) is 16.6 Å². The van der Waals surface area contributed by atoms with Crippen LogP contribution in [0.15, 0.2) is 11.3 Å². The number of aromatic nitrogens is 3. The number of nitrogens with zero attached hydrogens (tertiary/aromatic N) is 5. The fourth-order valence-electron chi connectivity index (χ4n) is 2.17. The van der Waals surface area contributed by atoms with Gasteiger partial charge in [-0.05, 0) is 33.6 Å². The Labute approximate surface area is 156 Å². The van der Waals surface area contributed by atoms with Crippen LogP contribution in [-0.2, 0) is 18.3 Å². The van der Waals surface area contributed by atoms with E-state index in [4.69, 9.17) is 4.74 Å². The van der Waals surface area contributed by atoms with Gasteiger partial charge in [-0.25, -0.2) is 14.8 Å². The molecule has 0 saturated carbocycles. The fraction of sp³-hybridized carbons (Fsp3) is 0.765. The van der Waals surface area contributed by atoms with Crippen LogP contribution in [0.4, 0.5) is 4.79 Å². The number of carbonyl (C=O) groups excluding carboxylic acids is 1. The number of hydrogen-bond donors (Lipinski definition) is 2. The molecule has 9 heteroatoms. The Hall–Kier alpha value is -2.32. The van der Waals surface area contributed by atoms with Gasteiger partial charge in [0.1, 0.15) is 24.3 Å². The first kappa shape index (κ1) is 21.7. The minimum Gasteiger partial charge on any atom is -0.444 e. The summed E-state index contributed by atoms with van der Waals surface area (Å²) < 4.78 is 7.07. The van der Waals surface area contributed by atoms with E-state index in [1.165, 1.54) is 6.33 Å². The van der Waals surface area contributed by atoms with Gasteiger partial charge in [-0.2, -0.15) is 5.10 Å². The van der Waals surface area contributed by atoms with E-state index in [0.717, 1.165) is 12.4 Å². The summed E-state index contributed by atoms with van der Waals surface area (Å²) in [7, 11) is 3.59. The standard InChI is InChI=1S/C17H33N7O2/c1-8-18-15(20-10-14-21-12-22-24(14)7)19-9-13(2)11-23(6)16(25)26-17(3,4)5/h12-13H,8-11H2,1-7H3,(H2,18,19,20). The highest BCUT2D eigenvalue weighted by Crippen LogP contribution is 2.10. The summed E-state index contributed by atoms with van der Waals surface area (Å²) in [5.41, 5.74) is -0.489. The van der Waals surface area contributed by atoms with Gasteiger partial charge in [0.15, 0.2) is 5.96 Å². The molecule has 1 aromatic rings. The van der Waals surface area contributed by atoms with Crippen LogP contribution in [0.25, 0.3) is 0 Å². The van der Waals surface area contributed by atoms with Gasteiger partial charge in [0.05, 0.1) is 0 Å². The van der Waals surface area contributed by atoms with E-state index >= 15 is 0 Å². The largest absolute Gasteiger partial charge is 0.444 e. The summed E-state index contributed by atoms with van der Waals surface area (Å²) in [4.78, 5) is 22.3. The third-order valence-corrected chi connectivity index (χ3v) is 3.44. The van der Waals surface area contributed by atoms with Gasteiger partial charge < -0.3 is 20.3 Å². The van der Waals surface area contributed by atoms with E-state index in [-0.39, 0.29) is 12.0 Å². The molecule has 0 saturated heterocycles. The van der Waals surface area contributed by atoms with Crippen LogP contribution in [0.1, 0.15) is 40.4 Å². The number of ether oxygens (including phenoxy) is 1. The predicted octanol–water partition coefficient (Wildman–Crippen LogP) is 1.37. The van der Waals surface area contributed by atoms with Crippen LogP contribution < -0.4 is 10.6 Å². The Balaban J connectivity index is 2.49. The molecule has 0 bridgehead atoms. The Kier molecular flexibility index (Phi) is 8.34. The number of nitrogens with one attached hydrogen (secondary N) is 2. The molecule has 0 aliphatic rings. The molecule has 0 radical (unpaired) electrons. The molecule has 0 aromatic carbocycles. The lowest BCUT2D eigenvalue weighted by atomic mass is 10.1. The zero-order valence-corrected chi connectivity index (χ0v) is 17.0. The summed E-state index contributed by atoms with van der Waals surface area (Å²) in [6.45, 7) is 12.1. The highest BCUT2D eigenvalue weighted by atomic mass is 16.6. The van der Waals surface area contributed by atoms with Crippen molar-refractivity contribution in [1.29, 1.82) is 0 Å². The molecular weight excluding hydrogens is 334 g/mol. The molecule has 1 rings (SSSR count). The van der Waals surface area contributed by atoms with Gasteiger partial charge in [0.2, 0.25) is 0 Å². The molecule has 148 valence electrons. The second-order valence-corrected chi connectivity index (χ2v) is 7.34. The SMILES string of the molecule is CCNC(=NCc1ncnn1C)NCC(C)CN(C)C(=O)OC(C)(C)C. The molecule has 1 amide bonds. The number of aliphatic imine (C=N–C) groups is 1. The Bertz CT molecular complexity index is 592. The van der Waals surface area contributed by atoms with Gasteiger partial charge in [-0.1, -0.05) is 6.92 Å². The van der Waals surface area contributed by atoms with Crippen molar-refractivity contribution in [1.82, 2.24) is 30.3 Å².